The van der Waals surface area contributed by atoms with Gasteiger partial charge < -0.3 is 35.2 Å². The fraction of sp³-hybridized carbons (Fsp3) is 0.933. The van der Waals surface area contributed by atoms with Crippen molar-refractivity contribution in [1.29, 1.82) is 0 Å². The highest BCUT2D eigenvalue weighted by Crippen LogP contribution is 2.25. The van der Waals surface area contributed by atoms with E-state index in [-0.39, 0.29) is 24.8 Å². The number of aliphatic hydroxyl groups excluding tert-OH is 5. The molecule has 1 aliphatic rings. The minimum absolute atomic E-state index is 0.0143. The van der Waals surface area contributed by atoms with Gasteiger partial charge in [-0.25, -0.2) is 0 Å². The molecule has 8 nitrogen and oxygen atoms in total. The highest BCUT2D eigenvalue weighted by molar-refractivity contribution is 5.78. The van der Waals surface area contributed by atoms with Gasteiger partial charge in [-0.3, -0.25) is 4.79 Å². The summed E-state index contributed by atoms with van der Waals surface area (Å²) in [7, 11) is 0. The summed E-state index contributed by atoms with van der Waals surface area (Å²) >= 11 is 0. The lowest BCUT2D eigenvalue weighted by molar-refractivity contribution is -0.234. The van der Waals surface area contributed by atoms with Crippen LogP contribution < -0.4 is 0 Å². The third-order valence-electron chi connectivity index (χ3n) is 11.4. The molecule has 0 spiro atoms. The molecule has 0 aromatic rings. The summed E-state index contributed by atoms with van der Waals surface area (Å²) in [6.45, 7) is 6.75. The van der Waals surface area contributed by atoms with Crippen molar-refractivity contribution in [3.05, 3.63) is 12.2 Å². The number of rotatable bonds is 36. The zero-order valence-electron chi connectivity index (χ0n) is 34.8. The number of hydrogen-bond acceptors (Lipinski definition) is 7. The predicted molar refractivity (Wildman–Crippen MR) is 220 cm³/mol. The van der Waals surface area contributed by atoms with E-state index in [4.69, 9.17) is 4.74 Å². The van der Waals surface area contributed by atoms with Crippen LogP contribution in [0.5, 0.6) is 0 Å². The third-order valence-corrected chi connectivity index (χ3v) is 11.4. The highest BCUT2D eigenvalue weighted by Gasteiger charge is 2.44. The SMILES string of the molecule is CCCCCCCCCCCCCC=CCCCN(CC(O)CC1O[C@H](CO)[C@@H](O)[C@H](O)[C@H]1O)C(=O)C(CC)CCCCCCCCCCCCCC. The topological polar surface area (TPSA) is 131 Å². The predicted octanol–water partition coefficient (Wildman–Crippen LogP) is 9.56. The van der Waals surface area contributed by atoms with Crippen molar-refractivity contribution in [1.82, 2.24) is 4.90 Å². The Morgan fingerprint density at radius 2 is 1.04 bits per heavy atom. The van der Waals surface area contributed by atoms with E-state index in [0.29, 0.717) is 6.54 Å². The number of unbranched alkanes of at least 4 members (excludes halogenated alkanes) is 23. The molecule has 7 atom stereocenters. The zero-order valence-corrected chi connectivity index (χ0v) is 34.8. The number of carbonyl (C=O) groups is 1. The fourth-order valence-electron chi connectivity index (χ4n) is 7.82. The average Bonchev–Trinajstić information content (AvgIpc) is 3.16. The Balaban J connectivity index is 2.53. The number of amides is 1. The summed E-state index contributed by atoms with van der Waals surface area (Å²) in [4.78, 5) is 15.7. The fourth-order valence-corrected chi connectivity index (χ4v) is 7.82. The van der Waals surface area contributed by atoms with Crippen LogP contribution in [0.2, 0.25) is 0 Å². The molecule has 1 amide bonds. The minimum Gasteiger partial charge on any atom is -0.394 e. The van der Waals surface area contributed by atoms with Crippen LogP contribution in [0.3, 0.4) is 0 Å². The van der Waals surface area contributed by atoms with Crippen LogP contribution in [0.4, 0.5) is 0 Å². The summed E-state index contributed by atoms with van der Waals surface area (Å²) in [5, 5.41) is 51.6. The van der Waals surface area contributed by atoms with Crippen molar-refractivity contribution in [2.24, 2.45) is 5.92 Å². The quantitative estimate of drug-likeness (QED) is 0.0318. The third kappa shape index (κ3) is 24.3. The maximum atomic E-state index is 13.9. The van der Waals surface area contributed by atoms with E-state index in [0.717, 1.165) is 44.9 Å². The lowest BCUT2D eigenvalue weighted by atomic mass is 9.92. The molecule has 1 heterocycles. The van der Waals surface area contributed by atoms with E-state index in [1.54, 1.807) is 4.90 Å². The Bertz CT molecular complexity index is 855. The van der Waals surface area contributed by atoms with Crippen LogP contribution in [0, 0.1) is 5.92 Å². The number of aliphatic hydroxyl groups is 5. The molecule has 0 bridgehead atoms. The molecule has 0 saturated carbocycles. The molecule has 53 heavy (non-hydrogen) atoms. The van der Waals surface area contributed by atoms with Gasteiger partial charge in [0.25, 0.3) is 0 Å². The van der Waals surface area contributed by atoms with Gasteiger partial charge in [-0.2, -0.15) is 0 Å². The van der Waals surface area contributed by atoms with Gasteiger partial charge in [-0.1, -0.05) is 174 Å². The smallest absolute Gasteiger partial charge is 0.225 e. The molecule has 0 aromatic heterocycles. The Kier molecular flexibility index (Phi) is 32.3. The second-order valence-electron chi connectivity index (χ2n) is 16.3. The normalized spacial score (nSPS) is 21.7. The van der Waals surface area contributed by atoms with Crippen molar-refractivity contribution in [3.8, 4) is 0 Å². The molecule has 8 heteroatoms. The van der Waals surface area contributed by atoms with Gasteiger partial charge in [0.15, 0.2) is 0 Å². The minimum atomic E-state index is -1.48. The molecule has 314 valence electrons. The molecular formula is C45H87NO7. The van der Waals surface area contributed by atoms with Crippen LogP contribution in [0.25, 0.3) is 0 Å². The monoisotopic (exact) mass is 754 g/mol. The van der Waals surface area contributed by atoms with Gasteiger partial charge in [-0.05, 0) is 38.5 Å². The summed E-state index contributed by atoms with van der Waals surface area (Å²) in [6.07, 6.45) is 31.8. The Morgan fingerprint density at radius 1 is 0.604 bits per heavy atom. The van der Waals surface area contributed by atoms with Gasteiger partial charge in [-0.15, -0.1) is 0 Å². The average molecular weight is 754 g/mol. The summed E-state index contributed by atoms with van der Waals surface area (Å²) in [5.41, 5.74) is 0. The van der Waals surface area contributed by atoms with Crippen molar-refractivity contribution in [2.75, 3.05) is 19.7 Å². The highest BCUT2D eigenvalue weighted by atomic mass is 16.5. The number of carbonyl (C=O) groups excluding carboxylic acids is 1. The standard InChI is InChI=1S/C45H87NO7/c1-4-7-9-11-13-15-17-19-20-21-22-24-26-28-30-32-34-46(36-39(48)35-40-42(49)44(51)43(50)41(37-47)53-40)45(52)38(6-3)33-31-29-27-25-23-18-16-14-12-10-8-5-2/h26,28,38-44,47-51H,4-25,27,29-37H2,1-3H3/t38?,39?,40?,41-,42+,43-,44-/m1/s1. The first-order valence-corrected chi connectivity index (χ1v) is 22.7. The van der Waals surface area contributed by atoms with E-state index in [9.17, 15) is 30.3 Å². The first kappa shape index (κ1) is 50.0. The molecule has 1 rings (SSSR count). The van der Waals surface area contributed by atoms with Crippen molar-refractivity contribution >= 4 is 5.91 Å². The summed E-state index contributed by atoms with van der Waals surface area (Å²) < 4.78 is 5.65. The van der Waals surface area contributed by atoms with Crippen LogP contribution in [-0.2, 0) is 9.53 Å². The molecule has 5 N–H and O–H groups in total. The van der Waals surface area contributed by atoms with Crippen LogP contribution in [0.1, 0.15) is 207 Å². The van der Waals surface area contributed by atoms with E-state index >= 15 is 0 Å². The Hall–Kier alpha value is -1.03. The molecule has 0 radical (unpaired) electrons. The first-order valence-electron chi connectivity index (χ1n) is 22.7. The number of hydrogen-bond donors (Lipinski definition) is 5. The van der Waals surface area contributed by atoms with Gasteiger partial charge in [0, 0.05) is 25.4 Å². The summed E-state index contributed by atoms with van der Waals surface area (Å²) in [6, 6.07) is 0. The van der Waals surface area contributed by atoms with Crippen molar-refractivity contribution in [3.63, 3.8) is 0 Å². The maximum Gasteiger partial charge on any atom is 0.225 e. The largest absolute Gasteiger partial charge is 0.394 e. The molecular weight excluding hydrogens is 666 g/mol. The van der Waals surface area contributed by atoms with Gasteiger partial charge in [0.1, 0.15) is 24.4 Å². The lowest BCUT2D eigenvalue weighted by Gasteiger charge is -2.41. The Labute approximate surface area is 326 Å². The van der Waals surface area contributed by atoms with Crippen LogP contribution in [-0.4, -0.2) is 92.7 Å². The Morgan fingerprint density at radius 3 is 1.51 bits per heavy atom. The maximum absolute atomic E-state index is 13.9. The second kappa shape index (κ2) is 34.2. The van der Waals surface area contributed by atoms with Gasteiger partial charge in [0.05, 0.1) is 18.8 Å². The van der Waals surface area contributed by atoms with E-state index in [1.807, 2.05) is 0 Å². The summed E-state index contributed by atoms with van der Waals surface area (Å²) in [5.74, 6) is -0.0115. The van der Waals surface area contributed by atoms with E-state index in [2.05, 4.69) is 32.9 Å². The van der Waals surface area contributed by atoms with Crippen molar-refractivity contribution < 1.29 is 35.1 Å². The lowest BCUT2D eigenvalue weighted by Crippen LogP contribution is -2.59. The van der Waals surface area contributed by atoms with Crippen LogP contribution in [0.15, 0.2) is 12.2 Å². The van der Waals surface area contributed by atoms with Crippen LogP contribution >= 0.6 is 0 Å². The first-order chi connectivity index (χ1) is 25.8. The van der Waals surface area contributed by atoms with E-state index < -0.39 is 43.2 Å². The molecule has 1 saturated heterocycles. The molecule has 3 unspecified atom stereocenters. The van der Waals surface area contributed by atoms with Crippen molar-refractivity contribution in [2.45, 2.75) is 244 Å². The zero-order chi connectivity index (χ0) is 38.9. The number of ether oxygens (including phenoxy) is 1. The number of nitrogens with zero attached hydrogens (tertiary/aromatic N) is 1. The molecule has 1 fully saturated rings. The van der Waals surface area contributed by atoms with Gasteiger partial charge in [0.2, 0.25) is 5.91 Å². The molecule has 0 aliphatic carbocycles. The molecule has 0 aromatic carbocycles. The number of allylic oxidation sites excluding steroid dienone is 2. The molecule has 1 aliphatic heterocycles. The second-order valence-corrected chi connectivity index (χ2v) is 16.3. The van der Waals surface area contributed by atoms with Gasteiger partial charge >= 0.3 is 0 Å². The van der Waals surface area contributed by atoms with E-state index in [1.165, 1.54) is 135 Å².